The highest BCUT2D eigenvalue weighted by atomic mass is 16.3. The van der Waals surface area contributed by atoms with E-state index in [-0.39, 0.29) is 11.7 Å². The number of anilines is 1. The normalized spacial score (nSPS) is 12.6. The van der Waals surface area contributed by atoms with Crippen molar-refractivity contribution in [2.75, 3.05) is 11.9 Å². The van der Waals surface area contributed by atoms with Crippen LogP contribution in [0, 0.1) is 0 Å². The number of pyridine rings is 1. The monoisotopic (exact) mass is 246 g/mol. The van der Waals surface area contributed by atoms with Gasteiger partial charge in [0.05, 0.1) is 6.10 Å². The molecule has 2 rings (SSSR count). The molecule has 1 aromatic heterocycles. The van der Waals surface area contributed by atoms with E-state index in [0.717, 1.165) is 30.6 Å². The molecular formula is C14H18N2O2. The largest absolute Gasteiger partial charge is 0.393 e. The van der Waals surface area contributed by atoms with Gasteiger partial charge in [-0.05, 0) is 37.3 Å². The smallest absolute Gasteiger partial charge is 0.257 e. The van der Waals surface area contributed by atoms with E-state index in [2.05, 4.69) is 10.3 Å². The summed E-state index contributed by atoms with van der Waals surface area (Å²) < 4.78 is 0. The number of rotatable bonds is 5. The summed E-state index contributed by atoms with van der Waals surface area (Å²) in [6.45, 7) is 2.51. The number of aliphatic hydroxyl groups excluding tert-OH is 1. The zero-order chi connectivity index (χ0) is 13.0. The van der Waals surface area contributed by atoms with Gasteiger partial charge in [-0.2, -0.15) is 0 Å². The lowest BCUT2D eigenvalue weighted by molar-refractivity contribution is 0.183. The van der Waals surface area contributed by atoms with E-state index < -0.39 is 0 Å². The minimum atomic E-state index is -0.276. The Morgan fingerprint density at radius 3 is 2.94 bits per heavy atom. The van der Waals surface area contributed by atoms with Gasteiger partial charge in [0, 0.05) is 11.9 Å². The van der Waals surface area contributed by atoms with Crippen molar-refractivity contribution in [3.63, 3.8) is 0 Å². The third-order valence-electron chi connectivity index (χ3n) is 2.87. The molecule has 1 heterocycles. The van der Waals surface area contributed by atoms with Gasteiger partial charge in [0.25, 0.3) is 5.56 Å². The van der Waals surface area contributed by atoms with Gasteiger partial charge in [-0.25, -0.2) is 0 Å². The summed E-state index contributed by atoms with van der Waals surface area (Å²) in [4.78, 5) is 14.6. The van der Waals surface area contributed by atoms with Crippen molar-refractivity contribution in [1.29, 1.82) is 0 Å². The molecule has 2 aromatic rings. The maximum atomic E-state index is 11.8. The number of nitrogens with one attached hydrogen (secondary N) is 2. The first-order valence-corrected chi connectivity index (χ1v) is 6.21. The van der Waals surface area contributed by atoms with Crippen molar-refractivity contribution in [2.24, 2.45) is 0 Å². The second kappa shape index (κ2) is 5.69. The lowest BCUT2D eigenvalue weighted by Crippen LogP contribution is -2.12. The van der Waals surface area contributed by atoms with Crippen LogP contribution in [0.1, 0.15) is 19.8 Å². The van der Waals surface area contributed by atoms with Crippen molar-refractivity contribution in [3.05, 3.63) is 40.7 Å². The number of aromatic nitrogens is 1. The van der Waals surface area contributed by atoms with Crippen LogP contribution < -0.4 is 10.9 Å². The molecule has 0 saturated heterocycles. The third kappa shape index (κ3) is 3.11. The Morgan fingerprint density at radius 1 is 1.39 bits per heavy atom. The first-order valence-electron chi connectivity index (χ1n) is 6.21. The first-order chi connectivity index (χ1) is 8.66. The Balaban J connectivity index is 2.08. The molecule has 0 aliphatic carbocycles. The van der Waals surface area contributed by atoms with Gasteiger partial charge in [-0.15, -0.1) is 0 Å². The average molecular weight is 246 g/mol. The molecule has 0 saturated carbocycles. The van der Waals surface area contributed by atoms with E-state index in [0.29, 0.717) is 5.39 Å². The molecule has 18 heavy (non-hydrogen) atoms. The summed E-state index contributed by atoms with van der Waals surface area (Å²) in [5, 5.41) is 13.9. The van der Waals surface area contributed by atoms with Gasteiger partial charge in [0.15, 0.2) is 0 Å². The molecule has 0 aliphatic rings. The van der Waals surface area contributed by atoms with Crippen LogP contribution in [0.4, 0.5) is 5.82 Å². The van der Waals surface area contributed by atoms with Crippen LogP contribution in [0.25, 0.3) is 10.8 Å². The quantitative estimate of drug-likeness (QED) is 0.708. The Morgan fingerprint density at radius 2 is 2.17 bits per heavy atom. The lowest BCUT2D eigenvalue weighted by atomic mass is 10.2. The molecule has 96 valence electrons. The molecule has 0 fully saturated rings. The molecule has 3 N–H and O–H groups in total. The molecular weight excluding hydrogens is 228 g/mol. The van der Waals surface area contributed by atoms with Crippen molar-refractivity contribution in [3.8, 4) is 0 Å². The van der Waals surface area contributed by atoms with Crippen LogP contribution >= 0.6 is 0 Å². The summed E-state index contributed by atoms with van der Waals surface area (Å²) in [5.74, 6) is 0.726. The van der Waals surface area contributed by atoms with E-state index in [9.17, 15) is 4.79 Å². The fourth-order valence-corrected chi connectivity index (χ4v) is 1.93. The number of fused-ring (bicyclic) bond motifs is 1. The Bertz CT molecular complexity index is 575. The van der Waals surface area contributed by atoms with Gasteiger partial charge in [0.1, 0.15) is 5.82 Å². The highest BCUT2D eigenvalue weighted by Crippen LogP contribution is 2.12. The van der Waals surface area contributed by atoms with Crippen molar-refractivity contribution < 1.29 is 5.11 Å². The van der Waals surface area contributed by atoms with Gasteiger partial charge in [-0.3, -0.25) is 4.79 Å². The summed E-state index contributed by atoms with van der Waals surface area (Å²) in [5.41, 5.74) is -0.0777. The second-order valence-electron chi connectivity index (χ2n) is 4.52. The molecule has 4 heteroatoms. The molecule has 1 aromatic carbocycles. The Hall–Kier alpha value is -1.81. The van der Waals surface area contributed by atoms with Gasteiger partial charge < -0.3 is 15.4 Å². The number of aliphatic hydroxyl groups is 1. The number of benzene rings is 1. The minimum Gasteiger partial charge on any atom is -0.393 e. The van der Waals surface area contributed by atoms with E-state index in [1.807, 2.05) is 30.3 Å². The molecule has 0 radical (unpaired) electrons. The maximum Gasteiger partial charge on any atom is 0.257 e. The summed E-state index contributed by atoms with van der Waals surface area (Å²) in [7, 11) is 0. The summed E-state index contributed by atoms with van der Waals surface area (Å²) >= 11 is 0. The third-order valence-corrected chi connectivity index (χ3v) is 2.87. The number of H-pyrrole nitrogens is 1. The molecule has 1 atom stereocenters. The minimum absolute atomic E-state index is 0.0777. The molecule has 0 amide bonds. The fourth-order valence-electron chi connectivity index (χ4n) is 1.93. The lowest BCUT2D eigenvalue weighted by Gasteiger charge is -2.08. The second-order valence-corrected chi connectivity index (χ2v) is 4.52. The van der Waals surface area contributed by atoms with E-state index in [4.69, 9.17) is 5.11 Å². The van der Waals surface area contributed by atoms with Crippen molar-refractivity contribution in [1.82, 2.24) is 4.98 Å². The zero-order valence-electron chi connectivity index (χ0n) is 10.4. The predicted molar refractivity (Wildman–Crippen MR) is 74.0 cm³/mol. The molecule has 0 bridgehead atoms. The van der Waals surface area contributed by atoms with Crippen molar-refractivity contribution >= 4 is 16.6 Å². The van der Waals surface area contributed by atoms with Gasteiger partial charge in [0.2, 0.25) is 0 Å². The summed E-state index contributed by atoms with van der Waals surface area (Å²) in [6, 6.07) is 9.43. The average Bonchev–Trinajstić information content (AvgIpc) is 2.35. The van der Waals surface area contributed by atoms with E-state index >= 15 is 0 Å². The molecule has 0 aliphatic heterocycles. The van der Waals surface area contributed by atoms with Crippen molar-refractivity contribution in [2.45, 2.75) is 25.9 Å². The Labute approximate surface area is 106 Å². The molecule has 0 spiro atoms. The van der Waals surface area contributed by atoms with E-state index in [1.54, 1.807) is 6.92 Å². The predicted octanol–water partition coefficient (Wildman–Crippen LogP) is 2.10. The standard InChI is InChI=1S/C14H18N2O2/c1-10(17)5-4-8-15-13-9-11-6-2-3-7-12(11)14(18)16-13/h2-3,6-7,9-10,17H,4-5,8H2,1H3,(H2,15,16,18). The van der Waals surface area contributed by atoms with Crippen LogP contribution in [0.15, 0.2) is 35.1 Å². The molecule has 4 nitrogen and oxygen atoms in total. The number of hydrogen-bond donors (Lipinski definition) is 3. The maximum absolute atomic E-state index is 11.8. The first kappa shape index (κ1) is 12.6. The zero-order valence-corrected chi connectivity index (χ0v) is 10.4. The Kier molecular flexibility index (Phi) is 3.99. The topological polar surface area (TPSA) is 65.1 Å². The highest BCUT2D eigenvalue weighted by molar-refractivity contribution is 5.83. The SMILES string of the molecule is CC(O)CCCNc1cc2ccccc2c(=O)[nH]1. The van der Waals surface area contributed by atoms with Gasteiger partial charge >= 0.3 is 0 Å². The molecule has 1 unspecified atom stereocenters. The van der Waals surface area contributed by atoms with Crippen LogP contribution in [0.5, 0.6) is 0 Å². The van der Waals surface area contributed by atoms with E-state index in [1.165, 1.54) is 0 Å². The fraction of sp³-hybridized carbons (Fsp3) is 0.357. The number of hydrogen-bond acceptors (Lipinski definition) is 3. The highest BCUT2D eigenvalue weighted by Gasteiger charge is 2.01. The van der Waals surface area contributed by atoms with Crippen LogP contribution in [-0.4, -0.2) is 22.7 Å². The van der Waals surface area contributed by atoms with Crippen LogP contribution in [0.3, 0.4) is 0 Å². The van der Waals surface area contributed by atoms with Crippen LogP contribution in [-0.2, 0) is 0 Å². The van der Waals surface area contributed by atoms with Crippen LogP contribution in [0.2, 0.25) is 0 Å². The van der Waals surface area contributed by atoms with Gasteiger partial charge in [-0.1, -0.05) is 18.2 Å². The summed E-state index contributed by atoms with van der Waals surface area (Å²) in [6.07, 6.45) is 1.35. The number of aromatic amines is 1.